The van der Waals surface area contributed by atoms with E-state index in [9.17, 15) is 0 Å². The number of hydrogen-bond acceptors (Lipinski definition) is 0. The molecule has 0 saturated carbocycles. The second kappa shape index (κ2) is 4.29. The smallest absolute Gasteiger partial charge is 0.0149 e. The van der Waals surface area contributed by atoms with E-state index in [0.717, 1.165) is 0 Å². The lowest BCUT2D eigenvalue weighted by molar-refractivity contribution is 0.904. The molecule has 0 saturated heterocycles. The van der Waals surface area contributed by atoms with E-state index in [-0.39, 0.29) is 0 Å². The van der Waals surface area contributed by atoms with Crippen LogP contribution < -0.4 is 0 Å². The summed E-state index contributed by atoms with van der Waals surface area (Å²) in [5, 5.41) is 2.84. The zero-order chi connectivity index (χ0) is 11.7. The van der Waals surface area contributed by atoms with Gasteiger partial charge in [-0.2, -0.15) is 0 Å². The molecule has 2 aromatic rings. The van der Waals surface area contributed by atoms with E-state index in [0.29, 0.717) is 0 Å². The summed E-state index contributed by atoms with van der Waals surface area (Å²) in [7, 11) is 0. The van der Waals surface area contributed by atoms with Crippen molar-refractivity contribution in [2.75, 3.05) is 0 Å². The Morgan fingerprint density at radius 1 is 0.812 bits per heavy atom. The van der Waals surface area contributed by atoms with Gasteiger partial charge in [0.2, 0.25) is 0 Å². The van der Waals surface area contributed by atoms with Crippen LogP contribution in [0.5, 0.6) is 0 Å². The molecule has 0 atom stereocenters. The molecule has 2 rings (SSSR count). The van der Waals surface area contributed by atoms with Crippen molar-refractivity contribution < 1.29 is 0 Å². The van der Waals surface area contributed by atoms with E-state index in [1.54, 1.807) is 5.56 Å². The highest BCUT2D eigenvalue weighted by molar-refractivity contribution is 5.90. The minimum Gasteiger partial charge on any atom is -0.0651 e. The van der Waals surface area contributed by atoms with Gasteiger partial charge in [-0.05, 0) is 60.2 Å². The van der Waals surface area contributed by atoms with Gasteiger partial charge in [0.1, 0.15) is 0 Å². The SMILES string of the molecule is CCCc1c(C)c(C)c2ccccc2c1C. The van der Waals surface area contributed by atoms with Gasteiger partial charge in [0.05, 0.1) is 0 Å². The van der Waals surface area contributed by atoms with Crippen molar-refractivity contribution in [3.8, 4) is 0 Å². The highest BCUT2D eigenvalue weighted by Gasteiger charge is 2.10. The van der Waals surface area contributed by atoms with Gasteiger partial charge in [-0.15, -0.1) is 0 Å². The summed E-state index contributed by atoms with van der Waals surface area (Å²) < 4.78 is 0. The Hall–Kier alpha value is -1.30. The van der Waals surface area contributed by atoms with Crippen LogP contribution in [0.1, 0.15) is 35.6 Å². The van der Waals surface area contributed by atoms with Gasteiger partial charge in [-0.25, -0.2) is 0 Å². The first-order chi connectivity index (χ1) is 7.66. The largest absolute Gasteiger partial charge is 0.0651 e. The van der Waals surface area contributed by atoms with Crippen LogP contribution in [0.25, 0.3) is 10.8 Å². The predicted octanol–water partition coefficient (Wildman–Crippen LogP) is 4.72. The number of rotatable bonds is 2. The van der Waals surface area contributed by atoms with Gasteiger partial charge in [0, 0.05) is 0 Å². The Morgan fingerprint density at radius 3 is 1.94 bits per heavy atom. The van der Waals surface area contributed by atoms with E-state index in [1.807, 2.05) is 0 Å². The molecule has 0 heteroatoms. The van der Waals surface area contributed by atoms with Crippen LogP contribution in [0.4, 0.5) is 0 Å². The maximum atomic E-state index is 2.26. The standard InChI is InChI=1S/C16H20/c1-5-8-14-11(2)12(3)15-9-6-7-10-16(15)13(14)4/h6-7,9-10H,5,8H2,1-4H3. The number of hydrogen-bond donors (Lipinski definition) is 0. The molecule has 84 valence electrons. The predicted molar refractivity (Wildman–Crippen MR) is 72.2 cm³/mol. The molecular formula is C16H20. The van der Waals surface area contributed by atoms with Crippen LogP contribution >= 0.6 is 0 Å². The van der Waals surface area contributed by atoms with Gasteiger partial charge >= 0.3 is 0 Å². The summed E-state index contributed by atoms with van der Waals surface area (Å²) in [5.41, 5.74) is 5.96. The highest BCUT2D eigenvalue weighted by atomic mass is 14.1. The van der Waals surface area contributed by atoms with Crippen molar-refractivity contribution in [3.63, 3.8) is 0 Å². The van der Waals surface area contributed by atoms with E-state index in [4.69, 9.17) is 0 Å². The molecule has 0 aliphatic rings. The molecule has 0 spiro atoms. The Kier molecular flexibility index (Phi) is 3.00. The van der Waals surface area contributed by atoms with Gasteiger partial charge in [-0.3, -0.25) is 0 Å². The molecule has 0 unspecified atom stereocenters. The average Bonchev–Trinajstić information content (AvgIpc) is 2.32. The average molecular weight is 212 g/mol. The lowest BCUT2D eigenvalue weighted by Crippen LogP contribution is -1.98. The van der Waals surface area contributed by atoms with Crippen molar-refractivity contribution in [2.45, 2.75) is 40.5 Å². The molecule has 2 aromatic carbocycles. The van der Waals surface area contributed by atoms with Gasteiger partial charge in [0.15, 0.2) is 0 Å². The van der Waals surface area contributed by atoms with Crippen LogP contribution in [-0.2, 0) is 6.42 Å². The first-order valence-corrected chi connectivity index (χ1v) is 6.14. The van der Waals surface area contributed by atoms with Crippen LogP contribution in [0.2, 0.25) is 0 Å². The monoisotopic (exact) mass is 212 g/mol. The third-order valence-corrected chi connectivity index (χ3v) is 3.70. The van der Waals surface area contributed by atoms with E-state index in [1.165, 1.54) is 40.3 Å². The second-order valence-corrected chi connectivity index (χ2v) is 4.65. The molecule has 0 aliphatic heterocycles. The second-order valence-electron chi connectivity index (χ2n) is 4.65. The fourth-order valence-corrected chi connectivity index (χ4v) is 2.63. The fourth-order valence-electron chi connectivity index (χ4n) is 2.63. The lowest BCUT2D eigenvalue weighted by atomic mass is 9.89. The van der Waals surface area contributed by atoms with Crippen LogP contribution in [0, 0.1) is 20.8 Å². The summed E-state index contributed by atoms with van der Waals surface area (Å²) >= 11 is 0. The molecule has 0 N–H and O–H groups in total. The van der Waals surface area contributed by atoms with Gasteiger partial charge in [-0.1, -0.05) is 37.6 Å². The summed E-state index contributed by atoms with van der Waals surface area (Å²) in [6.07, 6.45) is 2.42. The third kappa shape index (κ3) is 1.63. The summed E-state index contributed by atoms with van der Waals surface area (Å²) in [4.78, 5) is 0. The zero-order valence-corrected chi connectivity index (χ0v) is 10.7. The number of benzene rings is 2. The van der Waals surface area contributed by atoms with Gasteiger partial charge in [0.25, 0.3) is 0 Å². The molecule has 0 radical (unpaired) electrons. The number of fused-ring (bicyclic) bond motifs is 1. The summed E-state index contributed by atoms with van der Waals surface area (Å²) in [6.45, 7) is 9.03. The first kappa shape index (κ1) is 11.2. The minimum absolute atomic E-state index is 1.20. The topological polar surface area (TPSA) is 0 Å². The summed E-state index contributed by atoms with van der Waals surface area (Å²) in [6, 6.07) is 8.75. The Balaban J connectivity index is 2.83. The van der Waals surface area contributed by atoms with Crippen LogP contribution in [0.15, 0.2) is 24.3 Å². The van der Waals surface area contributed by atoms with Gasteiger partial charge < -0.3 is 0 Å². The van der Waals surface area contributed by atoms with Crippen molar-refractivity contribution in [3.05, 3.63) is 46.5 Å². The summed E-state index contributed by atoms with van der Waals surface area (Å²) in [5.74, 6) is 0. The van der Waals surface area contributed by atoms with Crippen molar-refractivity contribution in [2.24, 2.45) is 0 Å². The molecule has 0 heterocycles. The molecule has 0 aromatic heterocycles. The Morgan fingerprint density at radius 2 is 1.38 bits per heavy atom. The van der Waals surface area contributed by atoms with Crippen molar-refractivity contribution >= 4 is 10.8 Å². The molecule has 0 nitrogen and oxygen atoms in total. The third-order valence-electron chi connectivity index (χ3n) is 3.70. The molecule has 16 heavy (non-hydrogen) atoms. The van der Waals surface area contributed by atoms with Crippen LogP contribution in [-0.4, -0.2) is 0 Å². The first-order valence-electron chi connectivity index (χ1n) is 6.14. The highest BCUT2D eigenvalue weighted by Crippen LogP contribution is 2.29. The molecule has 0 aliphatic carbocycles. The quantitative estimate of drug-likeness (QED) is 0.676. The minimum atomic E-state index is 1.20. The Labute approximate surface area is 98.3 Å². The normalized spacial score (nSPS) is 11.0. The number of aryl methyl sites for hydroxylation is 2. The maximum Gasteiger partial charge on any atom is -0.0149 e. The van der Waals surface area contributed by atoms with Crippen LogP contribution in [0.3, 0.4) is 0 Å². The van der Waals surface area contributed by atoms with Crippen molar-refractivity contribution in [1.29, 1.82) is 0 Å². The fraction of sp³-hybridized carbons (Fsp3) is 0.375. The molecule has 0 bridgehead atoms. The Bertz CT molecular complexity index is 521. The maximum absolute atomic E-state index is 2.26. The van der Waals surface area contributed by atoms with Crippen molar-refractivity contribution in [1.82, 2.24) is 0 Å². The molecular weight excluding hydrogens is 192 g/mol. The van der Waals surface area contributed by atoms with E-state index in [2.05, 4.69) is 52.0 Å². The molecule has 0 amide bonds. The zero-order valence-electron chi connectivity index (χ0n) is 10.7. The van der Waals surface area contributed by atoms with E-state index < -0.39 is 0 Å². The molecule has 0 fully saturated rings. The lowest BCUT2D eigenvalue weighted by Gasteiger charge is -2.16. The van der Waals surface area contributed by atoms with E-state index >= 15 is 0 Å².